The number of carbonyl (C=O) groups excluding carboxylic acids is 2. The van der Waals surface area contributed by atoms with E-state index in [0.717, 1.165) is 70.6 Å². The number of hydrogen-bond acceptors (Lipinski definition) is 7. The van der Waals surface area contributed by atoms with Crippen molar-refractivity contribution in [1.29, 1.82) is 0 Å². The molecule has 2 saturated heterocycles. The molecule has 42 heavy (non-hydrogen) atoms. The number of rotatable bonds is 26. The summed E-state index contributed by atoms with van der Waals surface area (Å²) in [6.45, 7) is 3.75. The van der Waals surface area contributed by atoms with E-state index in [1.165, 1.54) is 64.7 Å². The van der Waals surface area contributed by atoms with Crippen LogP contribution >= 0.6 is 0 Å². The molecule has 0 aromatic carbocycles. The van der Waals surface area contributed by atoms with Gasteiger partial charge in [0.05, 0.1) is 36.4 Å². The molecular formula is C35H64O7. The topological polar surface area (TPSA) is 113 Å². The predicted octanol–water partition coefficient (Wildman–Crippen LogP) is 7.35. The first-order valence-electron chi connectivity index (χ1n) is 17.7. The second-order valence-corrected chi connectivity index (χ2v) is 13.4. The maximum Gasteiger partial charge on any atom is 0.309 e. The standard InChI is InChI=1S/C35H64O7/c1-3-4-5-6-7-8-9-10-13-16-19-31(38)33-23-24-34(42-33)32(39)20-17-14-11-12-15-18-29(37)21-22-30-26-28(25-27(2)36)35(40)41-30/h28-34,37-39H,3-26H2,1-2H3/t28?,29?,30?,31-,32-,33-,34-/m0/s1. The van der Waals surface area contributed by atoms with Crippen molar-refractivity contribution in [2.24, 2.45) is 5.92 Å². The number of aliphatic hydroxyl groups is 3. The first-order valence-corrected chi connectivity index (χ1v) is 17.7. The maximum atomic E-state index is 11.8. The molecule has 7 atom stereocenters. The second kappa shape index (κ2) is 22.5. The summed E-state index contributed by atoms with van der Waals surface area (Å²) < 4.78 is 11.4. The van der Waals surface area contributed by atoms with Gasteiger partial charge in [-0.1, -0.05) is 103 Å². The monoisotopic (exact) mass is 596 g/mol. The van der Waals surface area contributed by atoms with Crippen molar-refractivity contribution >= 4 is 11.8 Å². The lowest BCUT2D eigenvalue weighted by molar-refractivity contribution is -0.145. The van der Waals surface area contributed by atoms with Crippen LogP contribution in [0.5, 0.6) is 0 Å². The maximum absolute atomic E-state index is 11.8. The zero-order valence-electron chi connectivity index (χ0n) is 27.0. The van der Waals surface area contributed by atoms with E-state index in [9.17, 15) is 24.9 Å². The molecule has 2 aliphatic heterocycles. The number of Topliss-reactive ketones (excluding diaryl/α,β-unsaturated/α-hetero) is 1. The quantitative estimate of drug-likeness (QED) is 0.0707. The van der Waals surface area contributed by atoms with Crippen LogP contribution in [-0.2, 0) is 19.1 Å². The molecule has 2 aliphatic rings. The molecule has 7 heteroatoms. The Labute approximate surface area is 256 Å². The van der Waals surface area contributed by atoms with Gasteiger partial charge >= 0.3 is 5.97 Å². The number of esters is 1. The Morgan fingerprint density at radius 1 is 0.738 bits per heavy atom. The minimum atomic E-state index is -0.457. The number of ketones is 1. The van der Waals surface area contributed by atoms with Gasteiger partial charge in [-0.05, 0) is 58.3 Å². The van der Waals surface area contributed by atoms with Crippen molar-refractivity contribution in [3.63, 3.8) is 0 Å². The third kappa shape index (κ3) is 16.2. The van der Waals surface area contributed by atoms with Crippen molar-refractivity contribution < 1.29 is 34.4 Å². The summed E-state index contributed by atoms with van der Waals surface area (Å²) in [7, 11) is 0. The Bertz CT molecular complexity index is 713. The van der Waals surface area contributed by atoms with E-state index >= 15 is 0 Å². The van der Waals surface area contributed by atoms with E-state index in [0.29, 0.717) is 19.3 Å². The summed E-state index contributed by atoms with van der Waals surface area (Å²) in [5.74, 6) is -0.570. The van der Waals surface area contributed by atoms with Crippen LogP contribution in [0.15, 0.2) is 0 Å². The van der Waals surface area contributed by atoms with Crippen LogP contribution in [0.3, 0.4) is 0 Å². The van der Waals surface area contributed by atoms with Gasteiger partial charge in [0.2, 0.25) is 0 Å². The first kappa shape index (κ1) is 37.2. The van der Waals surface area contributed by atoms with Gasteiger partial charge in [0.25, 0.3) is 0 Å². The molecule has 2 rings (SSSR count). The molecule has 0 spiro atoms. The van der Waals surface area contributed by atoms with Crippen molar-refractivity contribution in [3.8, 4) is 0 Å². The van der Waals surface area contributed by atoms with E-state index in [1.54, 1.807) is 0 Å². The molecule has 0 radical (unpaired) electrons. The van der Waals surface area contributed by atoms with Crippen LogP contribution in [-0.4, -0.2) is 63.7 Å². The highest BCUT2D eigenvalue weighted by atomic mass is 16.6. The average Bonchev–Trinajstić information content (AvgIpc) is 3.59. The van der Waals surface area contributed by atoms with Crippen LogP contribution in [0, 0.1) is 5.92 Å². The summed E-state index contributed by atoms with van der Waals surface area (Å²) in [6.07, 6.45) is 22.4. The number of aliphatic hydroxyl groups excluding tert-OH is 3. The zero-order valence-corrected chi connectivity index (χ0v) is 27.0. The van der Waals surface area contributed by atoms with Crippen LogP contribution < -0.4 is 0 Å². The van der Waals surface area contributed by atoms with Crippen LogP contribution in [0.1, 0.15) is 168 Å². The third-order valence-corrected chi connectivity index (χ3v) is 9.35. The van der Waals surface area contributed by atoms with Gasteiger partial charge in [-0.25, -0.2) is 0 Å². The Morgan fingerprint density at radius 3 is 1.71 bits per heavy atom. The summed E-state index contributed by atoms with van der Waals surface area (Å²) in [6, 6.07) is 0. The molecular weight excluding hydrogens is 532 g/mol. The molecule has 3 unspecified atom stereocenters. The summed E-state index contributed by atoms with van der Waals surface area (Å²) >= 11 is 0. The van der Waals surface area contributed by atoms with Crippen molar-refractivity contribution in [2.45, 2.75) is 205 Å². The molecule has 7 nitrogen and oxygen atoms in total. The lowest BCUT2D eigenvalue weighted by Crippen LogP contribution is -2.31. The van der Waals surface area contributed by atoms with Crippen LogP contribution in [0.4, 0.5) is 0 Å². The number of unbranched alkanes of at least 4 members (excludes halogenated alkanes) is 13. The van der Waals surface area contributed by atoms with Crippen LogP contribution in [0.2, 0.25) is 0 Å². The first-order chi connectivity index (χ1) is 20.3. The smallest absolute Gasteiger partial charge is 0.309 e. The Morgan fingerprint density at radius 2 is 1.21 bits per heavy atom. The zero-order chi connectivity index (χ0) is 30.6. The van der Waals surface area contributed by atoms with E-state index in [2.05, 4.69) is 6.92 Å². The number of hydrogen-bond donors (Lipinski definition) is 3. The van der Waals surface area contributed by atoms with E-state index in [4.69, 9.17) is 9.47 Å². The molecule has 3 N–H and O–H groups in total. The number of ether oxygens (including phenoxy) is 2. The molecule has 0 aliphatic carbocycles. The fraction of sp³-hybridized carbons (Fsp3) is 0.943. The summed E-state index contributed by atoms with van der Waals surface area (Å²) in [5, 5.41) is 31.5. The van der Waals surface area contributed by atoms with Gasteiger partial charge in [0, 0.05) is 6.42 Å². The molecule has 2 fully saturated rings. The molecule has 2 heterocycles. The van der Waals surface area contributed by atoms with Gasteiger partial charge in [0.1, 0.15) is 11.9 Å². The summed E-state index contributed by atoms with van der Waals surface area (Å²) in [5.41, 5.74) is 0. The van der Waals surface area contributed by atoms with E-state index in [-0.39, 0.29) is 48.5 Å². The van der Waals surface area contributed by atoms with Gasteiger partial charge in [-0.2, -0.15) is 0 Å². The largest absolute Gasteiger partial charge is 0.462 e. The number of carbonyl (C=O) groups is 2. The minimum absolute atomic E-state index is 0.0116. The Kier molecular flexibility index (Phi) is 19.9. The predicted molar refractivity (Wildman–Crippen MR) is 167 cm³/mol. The molecule has 0 aromatic rings. The lowest BCUT2D eigenvalue weighted by atomic mass is 9.96. The third-order valence-electron chi connectivity index (χ3n) is 9.35. The minimum Gasteiger partial charge on any atom is -0.462 e. The number of cyclic esters (lactones) is 1. The Balaban J connectivity index is 1.41. The van der Waals surface area contributed by atoms with Gasteiger partial charge in [-0.3, -0.25) is 4.79 Å². The van der Waals surface area contributed by atoms with E-state index in [1.807, 2.05) is 0 Å². The summed E-state index contributed by atoms with van der Waals surface area (Å²) in [4.78, 5) is 23.1. The normalized spacial score (nSPS) is 24.5. The molecule has 0 bridgehead atoms. The molecule has 246 valence electrons. The average molecular weight is 597 g/mol. The van der Waals surface area contributed by atoms with Gasteiger partial charge < -0.3 is 29.6 Å². The van der Waals surface area contributed by atoms with Crippen molar-refractivity contribution in [1.82, 2.24) is 0 Å². The van der Waals surface area contributed by atoms with Gasteiger partial charge in [-0.15, -0.1) is 0 Å². The lowest BCUT2D eigenvalue weighted by Gasteiger charge is -2.22. The van der Waals surface area contributed by atoms with E-state index < -0.39 is 12.2 Å². The highest BCUT2D eigenvalue weighted by Crippen LogP contribution is 2.29. The van der Waals surface area contributed by atoms with Crippen LogP contribution in [0.25, 0.3) is 0 Å². The highest BCUT2D eigenvalue weighted by Gasteiger charge is 2.35. The fourth-order valence-electron chi connectivity index (χ4n) is 6.67. The fourth-order valence-corrected chi connectivity index (χ4v) is 6.67. The Hall–Kier alpha value is -1.02. The molecule has 0 saturated carbocycles. The van der Waals surface area contributed by atoms with Crippen molar-refractivity contribution in [3.05, 3.63) is 0 Å². The van der Waals surface area contributed by atoms with Gasteiger partial charge in [0.15, 0.2) is 0 Å². The molecule has 0 aromatic heterocycles. The SMILES string of the molecule is CCCCCCCCCCCC[C@H](O)[C@@H]1CC[C@@H]([C@@H](O)CCCCCCCC(O)CCC2CC(CC(C)=O)C(=O)O2)O1. The van der Waals surface area contributed by atoms with Crippen molar-refractivity contribution in [2.75, 3.05) is 0 Å². The second-order valence-electron chi connectivity index (χ2n) is 13.4. The molecule has 0 amide bonds. The highest BCUT2D eigenvalue weighted by molar-refractivity contribution is 5.83.